The molecule has 1 saturated carbocycles. The second kappa shape index (κ2) is 7.93. The van der Waals surface area contributed by atoms with Gasteiger partial charge < -0.3 is 15.3 Å². The average Bonchev–Trinajstić information content (AvgIpc) is 3.02. The first-order valence-corrected chi connectivity index (χ1v) is 10.8. The van der Waals surface area contributed by atoms with Gasteiger partial charge in [0, 0.05) is 5.56 Å². The van der Waals surface area contributed by atoms with Crippen LogP contribution in [0.5, 0.6) is 0 Å². The van der Waals surface area contributed by atoms with Crippen LogP contribution < -0.4 is 0 Å². The topological polar surface area (TPSA) is 94.8 Å². The van der Waals surface area contributed by atoms with Gasteiger partial charge in [-0.3, -0.25) is 0 Å². The Bertz CT molecular complexity index is 1090. The molecule has 0 amide bonds. The van der Waals surface area contributed by atoms with Gasteiger partial charge in [-0.05, 0) is 42.7 Å². The van der Waals surface area contributed by atoms with Gasteiger partial charge in [0.15, 0.2) is 9.84 Å². The molecule has 3 N–H and O–H groups in total. The Hall–Kier alpha value is -2.22. The highest BCUT2D eigenvalue weighted by Crippen LogP contribution is 2.52. The largest absolute Gasteiger partial charge is 0.430 e. The quantitative estimate of drug-likeness (QED) is 0.441. The van der Waals surface area contributed by atoms with Crippen LogP contribution >= 0.6 is 0 Å². The third-order valence-electron chi connectivity index (χ3n) is 5.81. The summed E-state index contributed by atoms with van der Waals surface area (Å²) >= 11 is 0. The lowest BCUT2D eigenvalue weighted by Gasteiger charge is -2.34. The highest BCUT2D eigenvalue weighted by atomic mass is 32.2. The van der Waals surface area contributed by atoms with Crippen LogP contribution in [0.1, 0.15) is 24.0 Å². The first-order valence-electron chi connectivity index (χ1n) is 9.30. The smallest absolute Gasteiger partial charge is 0.390 e. The number of aliphatic hydroxyl groups excluding tert-OH is 2. The van der Waals surface area contributed by atoms with Gasteiger partial charge >= 0.3 is 12.4 Å². The molecule has 0 radical (unpaired) electrons. The molecule has 182 valence electrons. The van der Waals surface area contributed by atoms with E-state index in [1.54, 1.807) is 0 Å². The van der Waals surface area contributed by atoms with Crippen LogP contribution in [0.15, 0.2) is 53.4 Å². The Kier molecular flexibility index (Phi) is 6.10. The third kappa shape index (κ3) is 3.90. The molecule has 13 heteroatoms. The van der Waals surface area contributed by atoms with E-state index >= 15 is 0 Å². The number of aliphatic hydroxyl groups is 3. The van der Waals surface area contributed by atoms with E-state index in [1.807, 2.05) is 0 Å². The molecule has 2 atom stereocenters. The predicted octanol–water partition coefficient (Wildman–Crippen LogP) is 3.32. The lowest BCUT2D eigenvalue weighted by molar-refractivity contribution is -0.376. The summed E-state index contributed by atoms with van der Waals surface area (Å²) in [6, 6.07) is 5.36. The number of halogens is 7. The Morgan fingerprint density at radius 2 is 1.21 bits per heavy atom. The molecule has 1 fully saturated rings. The van der Waals surface area contributed by atoms with Crippen LogP contribution in [0.25, 0.3) is 0 Å². The zero-order valence-electron chi connectivity index (χ0n) is 16.4. The average molecular weight is 502 g/mol. The standard InChI is InChI=1S/C20H17F7O5S/c21-13-5-7-14(8-6-13)33(31,32)17(9-15(28)16(29)10-17)11-1-3-12(4-2-11)18(30,19(22,23)24)20(25,26)27/h1-8,15-16,28-30H,9-10H2. The molecule has 5 nitrogen and oxygen atoms in total. The molecule has 2 unspecified atom stereocenters. The molecule has 0 spiro atoms. The van der Waals surface area contributed by atoms with E-state index in [2.05, 4.69) is 0 Å². The van der Waals surface area contributed by atoms with E-state index < -0.39 is 73.9 Å². The molecule has 0 heterocycles. The zero-order valence-corrected chi connectivity index (χ0v) is 17.2. The van der Waals surface area contributed by atoms with E-state index in [9.17, 15) is 54.5 Å². The van der Waals surface area contributed by atoms with Gasteiger partial charge in [0.05, 0.1) is 17.1 Å². The highest BCUT2D eigenvalue weighted by molar-refractivity contribution is 7.92. The molecule has 0 saturated heterocycles. The number of sulfone groups is 1. The maximum atomic E-state index is 13.4. The Morgan fingerprint density at radius 3 is 1.61 bits per heavy atom. The van der Waals surface area contributed by atoms with Crippen molar-refractivity contribution < 1.29 is 54.5 Å². The zero-order chi connectivity index (χ0) is 25.0. The summed E-state index contributed by atoms with van der Waals surface area (Å²) in [5.41, 5.74) is -7.13. The fourth-order valence-electron chi connectivity index (χ4n) is 3.98. The van der Waals surface area contributed by atoms with Crippen LogP contribution in [0.2, 0.25) is 0 Å². The first-order chi connectivity index (χ1) is 15.0. The molecule has 2 aromatic rings. The molecule has 1 aliphatic carbocycles. The Morgan fingerprint density at radius 1 is 0.788 bits per heavy atom. The first kappa shape index (κ1) is 25.4. The lowest BCUT2D eigenvalue weighted by Crippen LogP contribution is -2.53. The summed E-state index contributed by atoms with van der Waals surface area (Å²) in [5.74, 6) is -0.766. The van der Waals surface area contributed by atoms with Gasteiger partial charge in [-0.25, -0.2) is 12.8 Å². The molecule has 33 heavy (non-hydrogen) atoms. The van der Waals surface area contributed by atoms with Crippen molar-refractivity contribution in [3.8, 4) is 0 Å². The summed E-state index contributed by atoms with van der Waals surface area (Å²) in [5, 5.41) is 29.6. The number of rotatable bonds is 4. The summed E-state index contributed by atoms with van der Waals surface area (Å²) in [6.07, 6.45) is -16.7. The van der Waals surface area contributed by atoms with Crippen molar-refractivity contribution in [1.29, 1.82) is 0 Å². The van der Waals surface area contributed by atoms with Gasteiger partial charge in [-0.1, -0.05) is 24.3 Å². The van der Waals surface area contributed by atoms with Crippen molar-refractivity contribution in [2.75, 3.05) is 0 Å². The maximum Gasteiger partial charge on any atom is 0.430 e. The van der Waals surface area contributed by atoms with E-state index in [0.717, 1.165) is 24.3 Å². The van der Waals surface area contributed by atoms with Gasteiger partial charge in [0.2, 0.25) is 0 Å². The molecule has 0 aromatic heterocycles. The van der Waals surface area contributed by atoms with Crippen LogP contribution in [0, 0.1) is 5.82 Å². The molecule has 0 aliphatic heterocycles. The van der Waals surface area contributed by atoms with Crippen LogP contribution in [0.3, 0.4) is 0 Å². The minimum atomic E-state index is -6.13. The molecule has 1 aliphatic rings. The second-order valence-corrected chi connectivity index (χ2v) is 10.0. The molecule has 0 bridgehead atoms. The van der Waals surface area contributed by atoms with Crippen LogP contribution in [0.4, 0.5) is 30.7 Å². The fraction of sp³-hybridized carbons (Fsp3) is 0.400. The number of benzene rings is 2. The fourth-order valence-corrected chi connectivity index (χ4v) is 6.16. The lowest BCUT2D eigenvalue weighted by atomic mass is 9.88. The highest BCUT2D eigenvalue weighted by Gasteiger charge is 2.71. The summed E-state index contributed by atoms with van der Waals surface area (Å²) in [6.45, 7) is 0. The van der Waals surface area contributed by atoms with Crippen molar-refractivity contribution in [2.24, 2.45) is 0 Å². The van der Waals surface area contributed by atoms with Gasteiger partial charge in [0.25, 0.3) is 5.60 Å². The van der Waals surface area contributed by atoms with Crippen molar-refractivity contribution >= 4 is 9.84 Å². The van der Waals surface area contributed by atoms with Crippen molar-refractivity contribution in [2.45, 2.75) is 52.6 Å². The predicted molar refractivity (Wildman–Crippen MR) is 99.0 cm³/mol. The molecule has 2 aromatic carbocycles. The van der Waals surface area contributed by atoms with E-state index in [0.29, 0.717) is 12.1 Å². The normalized spacial score (nSPS) is 24.8. The molecular weight excluding hydrogens is 485 g/mol. The monoisotopic (exact) mass is 502 g/mol. The summed E-state index contributed by atoms with van der Waals surface area (Å²) in [4.78, 5) is -0.434. The van der Waals surface area contributed by atoms with Gasteiger partial charge in [0.1, 0.15) is 10.6 Å². The van der Waals surface area contributed by atoms with E-state index in [1.165, 1.54) is 0 Å². The van der Waals surface area contributed by atoms with Crippen molar-refractivity contribution in [3.05, 3.63) is 65.5 Å². The van der Waals surface area contributed by atoms with Gasteiger partial charge in [-0.2, -0.15) is 26.3 Å². The SMILES string of the molecule is O=S(=O)(c1ccc(F)cc1)C1(c2ccc(C(O)(C(F)(F)F)C(F)(F)F)cc2)CC(O)C(O)C1. The van der Waals surface area contributed by atoms with Crippen molar-refractivity contribution in [1.82, 2.24) is 0 Å². The van der Waals surface area contributed by atoms with Crippen LogP contribution in [-0.2, 0) is 20.2 Å². The molecule has 3 rings (SSSR count). The number of hydrogen-bond acceptors (Lipinski definition) is 5. The van der Waals surface area contributed by atoms with Crippen LogP contribution in [-0.4, -0.2) is 48.3 Å². The van der Waals surface area contributed by atoms with Gasteiger partial charge in [-0.15, -0.1) is 0 Å². The second-order valence-electron chi connectivity index (χ2n) is 7.78. The Balaban J connectivity index is 2.18. The minimum Gasteiger partial charge on any atom is -0.390 e. The van der Waals surface area contributed by atoms with Crippen molar-refractivity contribution in [3.63, 3.8) is 0 Å². The summed E-state index contributed by atoms with van der Waals surface area (Å²) < 4.78 is 117. The van der Waals surface area contributed by atoms with E-state index in [-0.39, 0.29) is 17.7 Å². The minimum absolute atomic E-state index is 0.287. The van der Waals surface area contributed by atoms with E-state index in [4.69, 9.17) is 0 Å². The summed E-state index contributed by atoms with van der Waals surface area (Å²) in [7, 11) is -4.53. The Labute approximate surface area is 183 Å². The maximum absolute atomic E-state index is 13.4. The number of alkyl halides is 6. The molecular formula is C20H17F7O5S. The number of hydrogen-bond donors (Lipinski definition) is 3. The third-order valence-corrected chi connectivity index (χ3v) is 8.30.